The van der Waals surface area contributed by atoms with Crippen LogP contribution in [0.15, 0.2) is 18.2 Å². The van der Waals surface area contributed by atoms with Gasteiger partial charge >= 0.3 is 0 Å². The zero-order valence-electron chi connectivity index (χ0n) is 12.1. The van der Waals surface area contributed by atoms with Crippen molar-refractivity contribution in [2.45, 2.75) is 51.6 Å². The molecule has 0 saturated carbocycles. The molecule has 20 heavy (non-hydrogen) atoms. The molecule has 0 aliphatic carbocycles. The Hall–Kier alpha value is -1.40. The lowest BCUT2D eigenvalue weighted by molar-refractivity contribution is -0.0200. The Kier molecular flexibility index (Phi) is 5.55. The van der Waals surface area contributed by atoms with Crippen molar-refractivity contribution in [3.63, 3.8) is 0 Å². The fraction of sp³-hybridized carbons (Fsp3) is 0.588. The highest BCUT2D eigenvalue weighted by Gasteiger charge is 2.23. The molecule has 1 aromatic carbocycles. The Labute approximate surface area is 120 Å². The number of benzene rings is 1. The average Bonchev–Trinajstić information content (AvgIpc) is 2.48. The predicted octanol–water partition coefficient (Wildman–Crippen LogP) is 4.75. The normalized spacial score (nSPS) is 22.4. The zero-order valence-corrected chi connectivity index (χ0v) is 12.1. The fourth-order valence-electron chi connectivity index (χ4n) is 2.80. The van der Waals surface area contributed by atoms with Gasteiger partial charge in [0.2, 0.25) is 0 Å². The van der Waals surface area contributed by atoms with Gasteiger partial charge < -0.3 is 4.74 Å². The minimum absolute atomic E-state index is 0.0142. The topological polar surface area (TPSA) is 33.0 Å². The monoisotopic (exact) mass is 275 g/mol. The number of unbranched alkanes of at least 4 members (excludes halogenated alkanes) is 2. The number of hydrogen-bond donors (Lipinski definition) is 0. The van der Waals surface area contributed by atoms with Crippen LogP contribution in [-0.4, -0.2) is 6.61 Å². The van der Waals surface area contributed by atoms with E-state index in [1.807, 2.05) is 12.1 Å². The van der Waals surface area contributed by atoms with Gasteiger partial charge in [0.05, 0.1) is 18.3 Å². The van der Waals surface area contributed by atoms with Crippen molar-refractivity contribution >= 4 is 0 Å². The molecule has 1 fully saturated rings. The average molecular weight is 275 g/mol. The van der Waals surface area contributed by atoms with E-state index in [0.29, 0.717) is 5.92 Å². The highest BCUT2D eigenvalue weighted by molar-refractivity contribution is 5.34. The Morgan fingerprint density at radius 3 is 2.80 bits per heavy atom. The van der Waals surface area contributed by atoms with Crippen LogP contribution in [0.25, 0.3) is 0 Å². The number of nitriles is 1. The highest BCUT2D eigenvalue weighted by atomic mass is 19.1. The van der Waals surface area contributed by atoms with Crippen LogP contribution >= 0.6 is 0 Å². The van der Waals surface area contributed by atoms with Crippen molar-refractivity contribution in [1.82, 2.24) is 0 Å². The lowest BCUT2D eigenvalue weighted by Crippen LogP contribution is -2.20. The molecule has 2 nitrogen and oxygen atoms in total. The second-order valence-electron chi connectivity index (χ2n) is 5.61. The number of halogens is 1. The van der Waals surface area contributed by atoms with Gasteiger partial charge in [0.15, 0.2) is 0 Å². The first kappa shape index (κ1) is 15.0. The van der Waals surface area contributed by atoms with Gasteiger partial charge in [-0.05, 0) is 42.9 Å². The van der Waals surface area contributed by atoms with E-state index in [2.05, 4.69) is 6.92 Å². The van der Waals surface area contributed by atoms with Crippen LogP contribution in [0, 0.1) is 23.1 Å². The molecular weight excluding hydrogens is 253 g/mol. The van der Waals surface area contributed by atoms with Gasteiger partial charge in [-0.1, -0.05) is 32.3 Å². The largest absolute Gasteiger partial charge is 0.373 e. The third-order valence-corrected chi connectivity index (χ3v) is 4.07. The van der Waals surface area contributed by atoms with E-state index in [9.17, 15) is 4.39 Å². The summed E-state index contributed by atoms with van der Waals surface area (Å²) in [7, 11) is 0. The molecule has 3 heteroatoms. The minimum atomic E-state index is -0.446. The minimum Gasteiger partial charge on any atom is -0.373 e. The van der Waals surface area contributed by atoms with Crippen molar-refractivity contribution in [2.75, 3.05) is 6.61 Å². The molecule has 0 amide bonds. The molecule has 1 aliphatic rings. The van der Waals surface area contributed by atoms with E-state index in [4.69, 9.17) is 10.00 Å². The number of hydrogen-bond acceptors (Lipinski definition) is 2. The van der Waals surface area contributed by atoms with Crippen molar-refractivity contribution in [3.8, 4) is 6.07 Å². The van der Waals surface area contributed by atoms with E-state index < -0.39 is 5.82 Å². The van der Waals surface area contributed by atoms with E-state index >= 15 is 0 Å². The summed E-state index contributed by atoms with van der Waals surface area (Å²) in [5, 5.41) is 8.74. The quantitative estimate of drug-likeness (QED) is 0.727. The van der Waals surface area contributed by atoms with Gasteiger partial charge in [0.1, 0.15) is 11.9 Å². The van der Waals surface area contributed by atoms with Crippen LogP contribution in [0.4, 0.5) is 4.39 Å². The molecular formula is C17H22FNO. The lowest BCUT2D eigenvalue weighted by atomic mass is 9.91. The Morgan fingerprint density at radius 1 is 1.35 bits per heavy atom. The van der Waals surface area contributed by atoms with Crippen LogP contribution in [-0.2, 0) is 4.74 Å². The third-order valence-electron chi connectivity index (χ3n) is 4.07. The van der Waals surface area contributed by atoms with Gasteiger partial charge in [-0.25, -0.2) is 4.39 Å². The zero-order chi connectivity index (χ0) is 14.4. The highest BCUT2D eigenvalue weighted by Crippen LogP contribution is 2.33. The second-order valence-corrected chi connectivity index (χ2v) is 5.61. The van der Waals surface area contributed by atoms with E-state index in [1.54, 1.807) is 6.07 Å². The van der Waals surface area contributed by atoms with Crippen LogP contribution in [0.2, 0.25) is 0 Å². The summed E-state index contributed by atoms with van der Waals surface area (Å²) in [6.45, 7) is 2.99. The maximum absolute atomic E-state index is 13.6. The summed E-state index contributed by atoms with van der Waals surface area (Å²) in [6.07, 6.45) is 7.14. The molecule has 0 bridgehead atoms. The van der Waals surface area contributed by atoms with Crippen molar-refractivity contribution in [3.05, 3.63) is 35.1 Å². The Balaban J connectivity index is 1.87. The lowest BCUT2D eigenvalue weighted by Gasteiger charge is -2.29. The SMILES string of the molecule is CCCCCC1CCC(c2ccc(C#N)c(F)c2)OC1. The molecule has 1 saturated heterocycles. The Morgan fingerprint density at radius 2 is 2.20 bits per heavy atom. The first-order valence-corrected chi connectivity index (χ1v) is 7.55. The molecule has 1 aliphatic heterocycles. The van der Waals surface area contributed by atoms with Crippen LogP contribution in [0.5, 0.6) is 0 Å². The van der Waals surface area contributed by atoms with Gasteiger partial charge in [-0.2, -0.15) is 5.26 Å². The molecule has 2 atom stereocenters. The van der Waals surface area contributed by atoms with Gasteiger partial charge in [-0.3, -0.25) is 0 Å². The van der Waals surface area contributed by atoms with Gasteiger partial charge in [-0.15, -0.1) is 0 Å². The van der Waals surface area contributed by atoms with Crippen molar-refractivity contribution in [2.24, 2.45) is 5.92 Å². The van der Waals surface area contributed by atoms with Crippen LogP contribution < -0.4 is 0 Å². The molecule has 108 valence electrons. The third kappa shape index (κ3) is 3.80. The summed E-state index contributed by atoms with van der Waals surface area (Å²) in [5.74, 6) is 0.208. The number of nitrogens with zero attached hydrogens (tertiary/aromatic N) is 1. The number of rotatable bonds is 5. The molecule has 2 unspecified atom stereocenters. The van der Waals surface area contributed by atoms with E-state index in [-0.39, 0.29) is 11.7 Å². The fourth-order valence-corrected chi connectivity index (χ4v) is 2.80. The summed E-state index contributed by atoms with van der Waals surface area (Å²) in [5.41, 5.74) is 0.954. The molecule has 0 N–H and O–H groups in total. The van der Waals surface area contributed by atoms with Crippen molar-refractivity contribution < 1.29 is 9.13 Å². The molecule has 2 rings (SSSR count). The number of ether oxygens (including phenoxy) is 1. The molecule has 0 spiro atoms. The van der Waals surface area contributed by atoms with Crippen LogP contribution in [0.3, 0.4) is 0 Å². The maximum atomic E-state index is 13.6. The first-order chi connectivity index (χ1) is 9.74. The summed E-state index contributed by atoms with van der Waals surface area (Å²) < 4.78 is 19.5. The van der Waals surface area contributed by atoms with Crippen molar-refractivity contribution in [1.29, 1.82) is 5.26 Å². The van der Waals surface area contributed by atoms with Gasteiger partial charge in [0.25, 0.3) is 0 Å². The van der Waals surface area contributed by atoms with E-state index in [1.165, 1.54) is 31.7 Å². The second kappa shape index (κ2) is 7.40. The Bertz CT molecular complexity index is 472. The summed E-state index contributed by atoms with van der Waals surface area (Å²) in [4.78, 5) is 0. The standard InChI is InChI=1S/C17H22FNO/c1-2-3-4-5-13-6-9-17(20-12-13)14-7-8-15(11-19)16(18)10-14/h7-8,10,13,17H,2-6,9,12H2,1H3. The van der Waals surface area contributed by atoms with Gasteiger partial charge in [0, 0.05) is 0 Å². The van der Waals surface area contributed by atoms with Crippen LogP contribution in [0.1, 0.15) is 62.7 Å². The predicted molar refractivity (Wildman–Crippen MR) is 76.7 cm³/mol. The van der Waals surface area contributed by atoms with E-state index in [0.717, 1.165) is 25.0 Å². The maximum Gasteiger partial charge on any atom is 0.141 e. The summed E-state index contributed by atoms with van der Waals surface area (Å²) in [6, 6.07) is 6.64. The molecule has 0 aromatic heterocycles. The summed E-state index contributed by atoms with van der Waals surface area (Å²) >= 11 is 0. The smallest absolute Gasteiger partial charge is 0.141 e. The first-order valence-electron chi connectivity index (χ1n) is 7.55. The molecule has 1 aromatic rings. The molecule has 0 radical (unpaired) electrons. The molecule has 1 heterocycles.